The number of nitrogens with zero attached hydrogens (tertiary/aromatic N) is 5. The van der Waals surface area contributed by atoms with Gasteiger partial charge in [-0.15, -0.1) is 0 Å². The van der Waals surface area contributed by atoms with Crippen LogP contribution in [0.2, 0.25) is 5.02 Å². The molecule has 1 aliphatic rings. The monoisotopic (exact) mass is 394 g/mol. The van der Waals surface area contributed by atoms with Crippen LogP contribution in [0.15, 0.2) is 53.6 Å². The van der Waals surface area contributed by atoms with Crippen molar-refractivity contribution in [3.05, 3.63) is 69.9 Å². The minimum atomic E-state index is -0.0913. The van der Waals surface area contributed by atoms with Gasteiger partial charge >= 0.3 is 0 Å². The van der Waals surface area contributed by atoms with Gasteiger partial charge in [0.2, 0.25) is 5.95 Å². The van der Waals surface area contributed by atoms with Gasteiger partial charge in [-0.2, -0.15) is 0 Å². The molecule has 4 aromatic rings. The van der Waals surface area contributed by atoms with Crippen LogP contribution < -0.4 is 10.5 Å². The van der Waals surface area contributed by atoms with E-state index in [-0.39, 0.29) is 5.56 Å². The van der Waals surface area contributed by atoms with E-state index in [1.54, 1.807) is 6.07 Å². The Kier molecular flexibility index (Phi) is 4.26. The molecule has 0 saturated carbocycles. The maximum absolute atomic E-state index is 12.3. The second-order valence-electron chi connectivity index (χ2n) is 7.01. The lowest BCUT2D eigenvalue weighted by molar-refractivity contribution is 0.246. The minimum Gasteiger partial charge on any atom is -0.340 e. The number of benzene rings is 1. The van der Waals surface area contributed by atoms with Gasteiger partial charge in [0.25, 0.3) is 5.56 Å². The normalized spacial score (nSPS) is 15.5. The number of piperazine rings is 1. The SMILES string of the molecule is O=c1[nH]c(N2CCN(Cc3cn4cc(Cl)ccc4n3)CC2)nc2ccccc12. The van der Waals surface area contributed by atoms with Crippen molar-refractivity contribution in [2.24, 2.45) is 0 Å². The van der Waals surface area contributed by atoms with E-state index < -0.39 is 0 Å². The predicted octanol–water partition coefficient (Wildman–Crippen LogP) is 2.55. The van der Waals surface area contributed by atoms with Crippen molar-refractivity contribution >= 4 is 34.1 Å². The summed E-state index contributed by atoms with van der Waals surface area (Å²) in [5, 5.41) is 1.32. The number of halogens is 1. The fourth-order valence-electron chi connectivity index (χ4n) is 3.66. The summed E-state index contributed by atoms with van der Waals surface area (Å²) in [4.78, 5) is 29.0. The average molecular weight is 395 g/mol. The van der Waals surface area contributed by atoms with Crippen molar-refractivity contribution in [3.8, 4) is 0 Å². The summed E-state index contributed by atoms with van der Waals surface area (Å²) < 4.78 is 1.96. The number of pyridine rings is 1. The third kappa shape index (κ3) is 3.23. The number of para-hydroxylation sites is 1. The summed E-state index contributed by atoms with van der Waals surface area (Å²) in [6.07, 6.45) is 3.89. The summed E-state index contributed by atoms with van der Waals surface area (Å²) in [6.45, 7) is 4.16. The zero-order valence-electron chi connectivity index (χ0n) is 15.2. The van der Waals surface area contributed by atoms with Crippen molar-refractivity contribution in [1.82, 2.24) is 24.3 Å². The van der Waals surface area contributed by atoms with E-state index >= 15 is 0 Å². The number of rotatable bonds is 3. The number of anilines is 1. The molecule has 3 aromatic heterocycles. The fourth-order valence-corrected chi connectivity index (χ4v) is 3.83. The molecular formula is C20H19ClN6O. The molecule has 1 fully saturated rings. The molecule has 0 bridgehead atoms. The molecule has 1 aliphatic heterocycles. The van der Waals surface area contributed by atoms with Gasteiger partial charge in [0, 0.05) is 45.1 Å². The number of hydrogen-bond donors (Lipinski definition) is 1. The first-order chi connectivity index (χ1) is 13.7. The van der Waals surface area contributed by atoms with E-state index in [1.165, 1.54) is 0 Å². The Labute approximate surface area is 166 Å². The van der Waals surface area contributed by atoms with Gasteiger partial charge in [-0.05, 0) is 24.3 Å². The van der Waals surface area contributed by atoms with Gasteiger partial charge in [0.05, 0.1) is 21.6 Å². The number of aromatic amines is 1. The van der Waals surface area contributed by atoms with Crippen LogP contribution in [0.4, 0.5) is 5.95 Å². The van der Waals surface area contributed by atoms with Crippen molar-refractivity contribution in [3.63, 3.8) is 0 Å². The Morgan fingerprint density at radius 3 is 2.68 bits per heavy atom. The standard InChI is InChI=1S/C20H19ClN6O/c21-14-5-6-18-22-15(13-27(18)11-14)12-25-7-9-26(10-8-25)20-23-17-4-2-1-3-16(17)19(28)24-20/h1-6,11,13H,7-10,12H2,(H,23,24,28). The van der Waals surface area contributed by atoms with Crippen molar-refractivity contribution < 1.29 is 0 Å². The molecule has 0 spiro atoms. The van der Waals surface area contributed by atoms with Gasteiger partial charge in [-0.25, -0.2) is 9.97 Å². The number of hydrogen-bond acceptors (Lipinski definition) is 5. The lowest BCUT2D eigenvalue weighted by Gasteiger charge is -2.34. The Hall–Kier alpha value is -2.90. The summed E-state index contributed by atoms with van der Waals surface area (Å²) in [7, 11) is 0. The van der Waals surface area contributed by atoms with Crippen LogP contribution in [0.1, 0.15) is 5.69 Å². The van der Waals surface area contributed by atoms with Crippen LogP contribution in [0.3, 0.4) is 0 Å². The third-order valence-corrected chi connectivity index (χ3v) is 5.35. The topological polar surface area (TPSA) is 69.5 Å². The Morgan fingerprint density at radius 1 is 1.00 bits per heavy atom. The second-order valence-corrected chi connectivity index (χ2v) is 7.45. The quantitative estimate of drug-likeness (QED) is 0.578. The van der Waals surface area contributed by atoms with E-state index in [1.807, 2.05) is 47.1 Å². The van der Waals surface area contributed by atoms with Crippen molar-refractivity contribution in [1.29, 1.82) is 0 Å². The molecule has 0 aliphatic carbocycles. The van der Waals surface area contributed by atoms with Crippen LogP contribution in [0, 0.1) is 0 Å². The van der Waals surface area contributed by atoms with Gasteiger partial charge in [-0.3, -0.25) is 14.7 Å². The smallest absolute Gasteiger partial charge is 0.260 e. The first kappa shape index (κ1) is 17.2. The van der Waals surface area contributed by atoms with Gasteiger partial charge in [-0.1, -0.05) is 23.7 Å². The lowest BCUT2D eigenvalue weighted by atomic mass is 10.2. The Morgan fingerprint density at radius 2 is 1.82 bits per heavy atom. The zero-order valence-corrected chi connectivity index (χ0v) is 15.9. The Bertz CT molecular complexity index is 1210. The molecular weight excluding hydrogens is 376 g/mol. The molecule has 1 aromatic carbocycles. The molecule has 0 radical (unpaired) electrons. The van der Waals surface area contributed by atoms with E-state index in [4.69, 9.17) is 11.6 Å². The summed E-state index contributed by atoms with van der Waals surface area (Å²) in [6, 6.07) is 11.2. The zero-order chi connectivity index (χ0) is 19.1. The average Bonchev–Trinajstić information content (AvgIpc) is 3.10. The maximum Gasteiger partial charge on any atom is 0.260 e. The molecule has 4 heterocycles. The van der Waals surface area contributed by atoms with E-state index in [9.17, 15) is 4.79 Å². The number of fused-ring (bicyclic) bond motifs is 2. The molecule has 5 rings (SSSR count). The maximum atomic E-state index is 12.3. The minimum absolute atomic E-state index is 0.0913. The van der Waals surface area contributed by atoms with E-state index in [0.29, 0.717) is 16.4 Å². The Balaban J connectivity index is 1.29. The highest BCUT2D eigenvalue weighted by Gasteiger charge is 2.20. The molecule has 7 nitrogen and oxygen atoms in total. The van der Waals surface area contributed by atoms with Gasteiger partial charge < -0.3 is 9.30 Å². The predicted molar refractivity (Wildman–Crippen MR) is 110 cm³/mol. The highest BCUT2D eigenvalue weighted by molar-refractivity contribution is 6.30. The molecule has 0 unspecified atom stereocenters. The van der Waals surface area contributed by atoms with Crippen LogP contribution in [-0.4, -0.2) is 50.4 Å². The first-order valence-corrected chi connectivity index (χ1v) is 9.63. The van der Waals surface area contributed by atoms with E-state index in [0.717, 1.165) is 49.6 Å². The first-order valence-electron chi connectivity index (χ1n) is 9.25. The summed E-state index contributed by atoms with van der Waals surface area (Å²) >= 11 is 6.05. The molecule has 1 saturated heterocycles. The van der Waals surface area contributed by atoms with Crippen LogP contribution in [-0.2, 0) is 6.54 Å². The largest absolute Gasteiger partial charge is 0.340 e. The summed E-state index contributed by atoms with van der Waals surface area (Å²) in [5.74, 6) is 0.644. The molecule has 8 heteroatoms. The summed E-state index contributed by atoms with van der Waals surface area (Å²) in [5.41, 5.74) is 2.56. The van der Waals surface area contributed by atoms with Crippen LogP contribution in [0.25, 0.3) is 16.6 Å². The van der Waals surface area contributed by atoms with Crippen LogP contribution in [0.5, 0.6) is 0 Å². The highest BCUT2D eigenvalue weighted by atomic mass is 35.5. The number of H-pyrrole nitrogens is 1. The number of aromatic nitrogens is 4. The van der Waals surface area contributed by atoms with E-state index in [2.05, 4.69) is 24.8 Å². The molecule has 0 amide bonds. The van der Waals surface area contributed by atoms with Crippen molar-refractivity contribution in [2.45, 2.75) is 6.54 Å². The molecule has 142 valence electrons. The van der Waals surface area contributed by atoms with Crippen molar-refractivity contribution in [2.75, 3.05) is 31.1 Å². The molecule has 28 heavy (non-hydrogen) atoms. The van der Waals surface area contributed by atoms with Gasteiger partial charge in [0.15, 0.2) is 0 Å². The third-order valence-electron chi connectivity index (χ3n) is 5.12. The molecule has 1 N–H and O–H groups in total. The van der Waals surface area contributed by atoms with Gasteiger partial charge in [0.1, 0.15) is 5.65 Å². The number of nitrogens with one attached hydrogen (secondary N) is 1. The fraction of sp³-hybridized carbons (Fsp3) is 0.250. The second kappa shape index (κ2) is 6.92. The van der Waals surface area contributed by atoms with Crippen LogP contribution >= 0.6 is 11.6 Å². The number of imidazole rings is 1. The molecule has 0 atom stereocenters. The highest BCUT2D eigenvalue weighted by Crippen LogP contribution is 2.16. The lowest BCUT2D eigenvalue weighted by Crippen LogP contribution is -2.47.